The SMILES string of the molecule is CC(=O)Nc1ccc(S(=O)(=O)N(C)CC(=O)O[C@H]2CCCCC2=O)cc1. The molecule has 0 saturated heterocycles. The number of sulfonamides is 1. The summed E-state index contributed by atoms with van der Waals surface area (Å²) in [4.78, 5) is 34.7. The summed E-state index contributed by atoms with van der Waals surface area (Å²) in [6.07, 6.45) is 1.68. The Labute approximate surface area is 152 Å². The monoisotopic (exact) mass is 382 g/mol. The molecule has 1 aliphatic rings. The van der Waals surface area contributed by atoms with E-state index in [9.17, 15) is 22.8 Å². The number of amides is 1. The Morgan fingerprint density at radius 2 is 1.88 bits per heavy atom. The number of rotatable bonds is 6. The van der Waals surface area contributed by atoms with Gasteiger partial charge in [0.1, 0.15) is 6.54 Å². The maximum absolute atomic E-state index is 12.5. The van der Waals surface area contributed by atoms with Crippen LogP contribution in [0.15, 0.2) is 29.2 Å². The van der Waals surface area contributed by atoms with E-state index in [0.717, 1.165) is 17.1 Å². The van der Waals surface area contributed by atoms with Crippen LogP contribution < -0.4 is 5.32 Å². The Morgan fingerprint density at radius 3 is 2.46 bits per heavy atom. The quantitative estimate of drug-likeness (QED) is 0.743. The molecule has 8 nitrogen and oxygen atoms in total. The molecule has 0 aromatic heterocycles. The fraction of sp³-hybridized carbons (Fsp3) is 0.471. The molecule has 1 aromatic carbocycles. The van der Waals surface area contributed by atoms with E-state index in [2.05, 4.69) is 5.32 Å². The molecule has 1 aliphatic carbocycles. The second kappa shape index (κ2) is 8.41. The van der Waals surface area contributed by atoms with Crippen molar-refractivity contribution in [3.05, 3.63) is 24.3 Å². The molecule has 0 spiro atoms. The number of ketones is 1. The van der Waals surface area contributed by atoms with Gasteiger partial charge in [-0.05, 0) is 43.5 Å². The average Bonchev–Trinajstić information content (AvgIpc) is 2.57. The molecule has 2 rings (SSSR count). The molecule has 0 heterocycles. The maximum Gasteiger partial charge on any atom is 0.322 e. The summed E-state index contributed by atoms with van der Waals surface area (Å²) < 4.78 is 31.0. The third kappa shape index (κ3) is 5.12. The molecule has 1 fully saturated rings. The van der Waals surface area contributed by atoms with Crippen molar-refractivity contribution in [3.8, 4) is 0 Å². The maximum atomic E-state index is 12.5. The van der Waals surface area contributed by atoms with Gasteiger partial charge >= 0.3 is 5.97 Å². The van der Waals surface area contributed by atoms with Gasteiger partial charge in [0.15, 0.2) is 11.9 Å². The molecule has 142 valence electrons. The van der Waals surface area contributed by atoms with Gasteiger partial charge in [-0.25, -0.2) is 8.42 Å². The topological polar surface area (TPSA) is 110 Å². The van der Waals surface area contributed by atoms with Crippen LogP contribution in [-0.2, 0) is 29.1 Å². The number of carbonyl (C=O) groups excluding carboxylic acids is 3. The van der Waals surface area contributed by atoms with E-state index in [-0.39, 0.29) is 16.6 Å². The lowest BCUT2D eigenvalue weighted by Gasteiger charge is -2.22. The van der Waals surface area contributed by atoms with E-state index in [1.165, 1.54) is 38.2 Å². The first-order chi connectivity index (χ1) is 12.2. The second-order valence-electron chi connectivity index (χ2n) is 6.16. The van der Waals surface area contributed by atoms with E-state index in [4.69, 9.17) is 4.74 Å². The number of esters is 1. The molecule has 0 aliphatic heterocycles. The highest BCUT2D eigenvalue weighted by atomic mass is 32.2. The van der Waals surface area contributed by atoms with Crippen LogP contribution in [0.4, 0.5) is 5.69 Å². The summed E-state index contributed by atoms with van der Waals surface area (Å²) in [5.41, 5.74) is 0.467. The molecule has 0 unspecified atom stereocenters. The number of likely N-dealkylation sites (N-methyl/N-ethyl adjacent to an activating group) is 1. The number of nitrogens with zero attached hydrogens (tertiary/aromatic N) is 1. The zero-order valence-corrected chi connectivity index (χ0v) is 15.5. The zero-order chi connectivity index (χ0) is 19.3. The van der Waals surface area contributed by atoms with Gasteiger partial charge in [-0.2, -0.15) is 4.31 Å². The highest BCUT2D eigenvalue weighted by molar-refractivity contribution is 7.89. The van der Waals surface area contributed by atoms with Crippen molar-refractivity contribution >= 4 is 33.4 Å². The Morgan fingerprint density at radius 1 is 1.23 bits per heavy atom. The normalized spacial score (nSPS) is 17.8. The highest BCUT2D eigenvalue weighted by Crippen LogP contribution is 2.19. The molecule has 1 aromatic rings. The van der Waals surface area contributed by atoms with Gasteiger partial charge in [-0.3, -0.25) is 14.4 Å². The average molecular weight is 382 g/mol. The van der Waals surface area contributed by atoms with Crippen LogP contribution in [-0.4, -0.2) is 50.1 Å². The molecule has 0 bridgehead atoms. The smallest absolute Gasteiger partial charge is 0.322 e. The summed E-state index contributed by atoms with van der Waals surface area (Å²) in [5.74, 6) is -1.15. The lowest BCUT2D eigenvalue weighted by Crippen LogP contribution is -2.37. The zero-order valence-electron chi connectivity index (χ0n) is 14.7. The summed E-state index contributed by atoms with van der Waals surface area (Å²) in [6.45, 7) is 0.862. The molecular weight excluding hydrogens is 360 g/mol. The van der Waals surface area contributed by atoms with Gasteiger partial charge in [0.25, 0.3) is 0 Å². The van der Waals surface area contributed by atoms with Crippen molar-refractivity contribution in [2.75, 3.05) is 18.9 Å². The number of hydrogen-bond acceptors (Lipinski definition) is 6. The number of nitrogens with one attached hydrogen (secondary N) is 1. The Kier molecular flexibility index (Phi) is 6.49. The summed E-state index contributed by atoms with van der Waals surface area (Å²) in [6, 6.07) is 5.60. The Hall–Kier alpha value is -2.26. The highest BCUT2D eigenvalue weighted by Gasteiger charge is 2.28. The molecule has 1 saturated carbocycles. The number of Topliss-reactive ketones (excluding diaryl/α,β-unsaturated/α-hetero) is 1. The first-order valence-corrected chi connectivity index (χ1v) is 9.70. The van der Waals surface area contributed by atoms with Crippen LogP contribution in [0, 0.1) is 0 Å². The van der Waals surface area contributed by atoms with E-state index < -0.39 is 28.6 Å². The standard InChI is InChI=1S/C17H22N2O6S/c1-12(20)18-13-7-9-14(10-8-13)26(23,24)19(2)11-17(22)25-16-6-4-3-5-15(16)21/h7-10,16H,3-6,11H2,1-2H3,(H,18,20)/t16-/m0/s1. The molecule has 26 heavy (non-hydrogen) atoms. The Balaban J connectivity index is 2.00. The van der Waals surface area contributed by atoms with Crippen LogP contribution >= 0.6 is 0 Å². The van der Waals surface area contributed by atoms with E-state index in [0.29, 0.717) is 18.5 Å². The van der Waals surface area contributed by atoms with Crippen molar-refractivity contribution in [3.63, 3.8) is 0 Å². The minimum Gasteiger partial charge on any atom is -0.453 e. The van der Waals surface area contributed by atoms with Crippen molar-refractivity contribution in [2.24, 2.45) is 0 Å². The van der Waals surface area contributed by atoms with E-state index in [1.807, 2.05) is 0 Å². The predicted molar refractivity (Wildman–Crippen MR) is 93.9 cm³/mol. The number of ether oxygens (including phenoxy) is 1. The summed E-state index contributed by atoms with van der Waals surface area (Å²) in [7, 11) is -2.63. The van der Waals surface area contributed by atoms with Crippen LogP contribution in [0.5, 0.6) is 0 Å². The van der Waals surface area contributed by atoms with Crippen LogP contribution in [0.25, 0.3) is 0 Å². The van der Waals surface area contributed by atoms with Crippen LogP contribution in [0.1, 0.15) is 32.6 Å². The summed E-state index contributed by atoms with van der Waals surface area (Å²) in [5, 5.41) is 2.54. The molecular formula is C17H22N2O6S. The minimum absolute atomic E-state index is 0.0179. The fourth-order valence-electron chi connectivity index (χ4n) is 2.63. The minimum atomic E-state index is -3.90. The second-order valence-corrected chi connectivity index (χ2v) is 8.20. The molecule has 1 amide bonds. The van der Waals surface area contributed by atoms with Crippen molar-refractivity contribution in [2.45, 2.75) is 43.6 Å². The summed E-state index contributed by atoms with van der Waals surface area (Å²) >= 11 is 0. The van der Waals surface area contributed by atoms with Gasteiger partial charge in [0.05, 0.1) is 4.90 Å². The predicted octanol–water partition coefficient (Wildman–Crippen LogP) is 1.32. The molecule has 1 N–H and O–H groups in total. The third-order valence-corrected chi connectivity index (χ3v) is 5.82. The van der Waals surface area contributed by atoms with Crippen molar-refractivity contribution in [1.82, 2.24) is 4.31 Å². The number of hydrogen-bond donors (Lipinski definition) is 1. The molecule has 1 atom stereocenters. The molecule has 9 heteroatoms. The van der Waals surface area contributed by atoms with Gasteiger partial charge in [0.2, 0.25) is 15.9 Å². The van der Waals surface area contributed by atoms with Gasteiger partial charge in [-0.15, -0.1) is 0 Å². The van der Waals surface area contributed by atoms with Gasteiger partial charge in [0, 0.05) is 26.1 Å². The number of anilines is 1. The van der Waals surface area contributed by atoms with Crippen molar-refractivity contribution in [1.29, 1.82) is 0 Å². The Bertz CT molecular complexity index is 788. The van der Waals surface area contributed by atoms with E-state index in [1.54, 1.807) is 0 Å². The number of benzene rings is 1. The van der Waals surface area contributed by atoms with Gasteiger partial charge in [-0.1, -0.05) is 0 Å². The van der Waals surface area contributed by atoms with Crippen molar-refractivity contribution < 1.29 is 27.5 Å². The number of carbonyl (C=O) groups is 3. The van der Waals surface area contributed by atoms with Crippen LogP contribution in [0.3, 0.4) is 0 Å². The van der Waals surface area contributed by atoms with Gasteiger partial charge < -0.3 is 10.1 Å². The first-order valence-electron chi connectivity index (χ1n) is 8.26. The largest absolute Gasteiger partial charge is 0.453 e. The molecule has 0 radical (unpaired) electrons. The third-order valence-electron chi connectivity index (χ3n) is 4.01. The first kappa shape index (κ1) is 20.1. The van der Waals surface area contributed by atoms with E-state index >= 15 is 0 Å². The van der Waals surface area contributed by atoms with Crippen LogP contribution in [0.2, 0.25) is 0 Å². The lowest BCUT2D eigenvalue weighted by atomic mass is 9.96. The fourth-order valence-corrected chi connectivity index (χ4v) is 3.75. The lowest BCUT2D eigenvalue weighted by molar-refractivity contribution is -0.156.